The highest BCUT2D eigenvalue weighted by Crippen LogP contribution is 2.53. The van der Waals surface area contributed by atoms with Crippen LogP contribution in [0.3, 0.4) is 0 Å². The molecule has 0 saturated carbocycles. The standard InChI is InChI=1S/C4H11O4PS2/c1-3-5-7-9(10,11)8-6-4-2/h3-4H2,1-2H3,(H,10,11). The minimum absolute atomic E-state index is 0.397. The van der Waals surface area contributed by atoms with Crippen LogP contribution in [0.4, 0.5) is 0 Å². The predicted molar refractivity (Wildman–Crippen MR) is 48.7 cm³/mol. The van der Waals surface area contributed by atoms with E-state index in [9.17, 15) is 0 Å². The number of hydrogen-bond donors (Lipinski definition) is 1. The van der Waals surface area contributed by atoms with E-state index < -0.39 is 5.69 Å². The fourth-order valence-electron chi connectivity index (χ4n) is 0.251. The van der Waals surface area contributed by atoms with Gasteiger partial charge in [0.2, 0.25) is 0 Å². The highest BCUT2D eigenvalue weighted by molar-refractivity contribution is 8.60. The van der Waals surface area contributed by atoms with Gasteiger partial charge in [-0.1, -0.05) is 12.2 Å². The summed E-state index contributed by atoms with van der Waals surface area (Å²) in [6, 6.07) is 0. The third-order valence-corrected chi connectivity index (χ3v) is 1.88. The Balaban J connectivity index is 3.53. The van der Waals surface area contributed by atoms with E-state index in [0.29, 0.717) is 13.2 Å². The summed E-state index contributed by atoms with van der Waals surface area (Å²) in [5.74, 6) is 0. The first-order valence-corrected chi connectivity index (χ1v) is 6.86. The molecule has 0 bridgehead atoms. The summed E-state index contributed by atoms with van der Waals surface area (Å²) < 4.78 is 9.25. The van der Waals surface area contributed by atoms with Crippen molar-refractivity contribution >= 4 is 29.7 Å². The van der Waals surface area contributed by atoms with E-state index in [2.05, 4.69) is 31.4 Å². The molecule has 0 aliphatic rings. The van der Waals surface area contributed by atoms with Crippen LogP contribution in [-0.4, -0.2) is 13.2 Å². The van der Waals surface area contributed by atoms with Crippen molar-refractivity contribution < 1.29 is 19.1 Å². The molecular formula is C4H11O4PS2. The smallest absolute Gasteiger partial charge is 0.230 e. The zero-order chi connectivity index (χ0) is 8.74. The van der Waals surface area contributed by atoms with Crippen LogP contribution in [0.25, 0.3) is 0 Å². The number of thiol groups is 1. The van der Waals surface area contributed by atoms with Gasteiger partial charge in [0.05, 0.1) is 13.2 Å². The Hall–Kier alpha value is 0.840. The van der Waals surface area contributed by atoms with Gasteiger partial charge in [-0.05, 0) is 25.7 Å². The van der Waals surface area contributed by atoms with Gasteiger partial charge in [0, 0.05) is 0 Å². The SMILES string of the molecule is CCOOP(=S)(S)OOCC. The van der Waals surface area contributed by atoms with Gasteiger partial charge < -0.3 is 0 Å². The van der Waals surface area contributed by atoms with Crippen molar-refractivity contribution in [3.63, 3.8) is 0 Å². The Bertz CT molecular complexity index is 130. The van der Waals surface area contributed by atoms with Gasteiger partial charge in [0.25, 0.3) is 0 Å². The predicted octanol–water partition coefficient (Wildman–Crippen LogP) is 2.08. The van der Waals surface area contributed by atoms with Crippen LogP contribution in [0.2, 0.25) is 0 Å². The van der Waals surface area contributed by atoms with Crippen LogP contribution >= 0.6 is 17.9 Å². The van der Waals surface area contributed by atoms with Gasteiger partial charge in [-0.3, -0.25) is 0 Å². The first kappa shape index (κ1) is 11.8. The van der Waals surface area contributed by atoms with E-state index >= 15 is 0 Å². The Morgan fingerprint density at radius 1 is 1.18 bits per heavy atom. The summed E-state index contributed by atoms with van der Waals surface area (Å²) in [5, 5.41) is 0. The first-order valence-electron chi connectivity index (χ1n) is 3.07. The zero-order valence-electron chi connectivity index (χ0n) is 6.35. The van der Waals surface area contributed by atoms with Crippen molar-refractivity contribution in [2.45, 2.75) is 13.8 Å². The Morgan fingerprint density at radius 2 is 1.55 bits per heavy atom. The highest BCUT2D eigenvalue weighted by atomic mass is 32.9. The van der Waals surface area contributed by atoms with Crippen LogP contribution in [0.15, 0.2) is 0 Å². The maximum Gasteiger partial charge on any atom is 0.304 e. The molecule has 11 heavy (non-hydrogen) atoms. The summed E-state index contributed by atoms with van der Waals surface area (Å²) in [7, 11) is 0. The lowest BCUT2D eigenvalue weighted by Crippen LogP contribution is -1.93. The highest BCUT2D eigenvalue weighted by Gasteiger charge is 2.14. The molecule has 0 heterocycles. The fraction of sp³-hybridized carbons (Fsp3) is 1.00. The molecular weight excluding hydrogens is 207 g/mol. The first-order chi connectivity index (χ1) is 5.12. The molecule has 4 nitrogen and oxygen atoms in total. The van der Waals surface area contributed by atoms with Gasteiger partial charge in [0.1, 0.15) is 0 Å². The molecule has 0 rings (SSSR count). The van der Waals surface area contributed by atoms with Gasteiger partial charge in [-0.25, -0.2) is 9.78 Å². The summed E-state index contributed by atoms with van der Waals surface area (Å²) in [5.41, 5.74) is -2.64. The van der Waals surface area contributed by atoms with Crippen molar-refractivity contribution in [3.05, 3.63) is 0 Å². The molecule has 0 N–H and O–H groups in total. The van der Waals surface area contributed by atoms with Gasteiger partial charge in [-0.15, -0.1) is 0 Å². The van der Waals surface area contributed by atoms with E-state index in [-0.39, 0.29) is 0 Å². The van der Waals surface area contributed by atoms with Crippen molar-refractivity contribution in [2.75, 3.05) is 13.2 Å². The molecule has 0 saturated heterocycles. The van der Waals surface area contributed by atoms with Crippen molar-refractivity contribution in [3.8, 4) is 0 Å². The van der Waals surface area contributed by atoms with Crippen LogP contribution < -0.4 is 0 Å². The molecule has 0 fully saturated rings. The molecule has 0 amide bonds. The van der Waals surface area contributed by atoms with Crippen molar-refractivity contribution in [1.29, 1.82) is 0 Å². The maximum absolute atomic E-state index is 4.76. The van der Waals surface area contributed by atoms with E-state index in [1.807, 2.05) is 0 Å². The van der Waals surface area contributed by atoms with E-state index in [1.165, 1.54) is 0 Å². The van der Waals surface area contributed by atoms with Crippen LogP contribution in [0.5, 0.6) is 0 Å². The summed E-state index contributed by atoms with van der Waals surface area (Å²) >= 11 is 8.64. The normalized spacial score (nSPS) is 11.9. The van der Waals surface area contributed by atoms with Gasteiger partial charge >= 0.3 is 5.69 Å². The zero-order valence-corrected chi connectivity index (χ0v) is 8.96. The third kappa shape index (κ3) is 7.21. The lowest BCUT2D eigenvalue weighted by Gasteiger charge is -2.11. The molecule has 0 aromatic carbocycles. The average molecular weight is 218 g/mol. The van der Waals surface area contributed by atoms with Crippen LogP contribution in [0.1, 0.15) is 13.8 Å². The second kappa shape index (κ2) is 6.37. The molecule has 0 aliphatic carbocycles. The summed E-state index contributed by atoms with van der Waals surface area (Å²) in [4.78, 5) is 9.12. The van der Waals surface area contributed by atoms with Crippen LogP contribution in [-0.2, 0) is 30.9 Å². The second-order valence-electron chi connectivity index (χ2n) is 1.43. The maximum atomic E-state index is 4.76. The Labute approximate surface area is 76.3 Å². The van der Waals surface area contributed by atoms with Crippen molar-refractivity contribution in [1.82, 2.24) is 0 Å². The molecule has 0 aliphatic heterocycles. The lowest BCUT2D eigenvalue weighted by atomic mass is 10.9. The molecule has 0 spiro atoms. The molecule has 0 atom stereocenters. The molecule has 68 valence electrons. The fourth-order valence-corrected chi connectivity index (χ4v) is 1.29. The van der Waals surface area contributed by atoms with Crippen LogP contribution in [0, 0.1) is 0 Å². The minimum atomic E-state index is -2.64. The van der Waals surface area contributed by atoms with Gasteiger partial charge in [0.15, 0.2) is 0 Å². The lowest BCUT2D eigenvalue weighted by molar-refractivity contribution is -0.248. The number of hydrogen-bond acceptors (Lipinski definition) is 5. The largest absolute Gasteiger partial charge is 0.304 e. The summed E-state index contributed by atoms with van der Waals surface area (Å²) in [6.45, 7) is 4.33. The third-order valence-electron chi connectivity index (χ3n) is 0.529. The van der Waals surface area contributed by atoms with E-state index in [0.717, 1.165) is 0 Å². The Morgan fingerprint density at radius 3 is 1.82 bits per heavy atom. The topological polar surface area (TPSA) is 36.9 Å². The summed E-state index contributed by atoms with van der Waals surface area (Å²) in [6.07, 6.45) is 0. The van der Waals surface area contributed by atoms with Gasteiger partial charge in [-0.2, -0.15) is 9.35 Å². The average Bonchev–Trinajstić information content (AvgIpc) is 1.97. The number of rotatable bonds is 6. The van der Waals surface area contributed by atoms with E-state index in [4.69, 9.17) is 11.8 Å². The second-order valence-corrected chi connectivity index (χ2v) is 6.50. The monoisotopic (exact) mass is 218 g/mol. The molecule has 0 radical (unpaired) electrons. The molecule has 0 aromatic rings. The molecule has 0 unspecified atom stereocenters. The molecule has 0 aromatic heterocycles. The quantitative estimate of drug-likeness (QED) is 0.320. The van der Waals surface area contributed by atoms with Crippen molar-refractivity contribution in [2.24, 2.45) is 0 Å². The molecule has 7 heteroatoms. The van der Waals surface area contributed by atoms with E-state index in [1.54, 1.807) is 13.8 Å². The minimum Gasteiger partial charge on any atom is -0.230 e. The Kier molecular flexibility index (Phi) is 6.85.